The van der Waals surface area contributed by atoms with Crippen LogP contribution in [-0.2, 0) is 4.74 Å². The van der Waals surface area contributed by atoms with Gasteiger partial charge in [0.25, 0.3) is 0 Å². The van der Waals surface area contributed by atoms with Crippen LogP contribution in [0.15, 0.2) is 0 Å². The Hall–Kier alpha value is 0.270. The molecule has 0 aromatic carbocycles. The Balaban J connectivity index is 1.99. The fourth-order valence-corrected chi connectivity index (χ4v) is 3.82. The minimum absolute atomic E-state index is 0.340. The predicted octanol–water partition coefficient (Wildman–Crippen LogP) is 2.24. The Morgan fingerprint density at radius 3 is 2.86 bits per heavy atom. The zero-order valence-electron chi connectivity index (χ0n) is 9.38. The van der Waals surface area contributed by atoms with Crippen LogP contribution in [0, 0.1) is 5.92 Å². The van der Waals surface area contributed by atoms with Crippen molar-refractivity contribution >= 4 is 11.8 Å². The molecule has 1 spiro atoms. The van der Waals surface area contributed by atoms with Crippen LogP contribution in [0.1, 0.15) is 33.6 Å². The molecule has 0 amide bonds. The van der Waals surface area contributed by atoms with E-state index in [9.17, 15) is 0 Å². The van der Waals surface area contributed by atoms with Gasteiger partial charge < -0.3 is 4.74 Å². The Kier molecular flexibility index (Phi) is 3.10. The van der Waals surface area contributed by atoms with Gasteiger partial charge in [0.2, 0.25) is 0 Å². The van der Waals surface area contributed by atoms with E-state index in [1.54, 1.807) is 0 Å². The predicted molar refractivity (Wildman–Crippen MR) is 61.6 cm³/mol. The van der Waals surface area contributed by atoms with Crippen LogP contribution in [0.25, 0.3) is 0 Å². The second-order valence-corrected chi connectivity index (χ2v) is 6.36. The number of ether oxygens (including phenoxy) is 1. The molecule has 0 radical (unpaired) electrons. The highest BCUT2D eigenvalue weighted by atomic mass is 32.2. The van der Waals surface area contributed by atoms with Crippen LogP contribution >= 0.6 is 11.8 Å². The van der Waals surface area contributed by atoms with Gasteiger partial charge in [-0.3, -0.25) is 5.32 Å². The van der Waals surface area contributed by atoms with E-state index in [1.165, 1.54) is 18.6 Å². The van der Waals surface area contributed by atoms with Gasteiger partial charge in [0.05, 0.1) is 11.0 Å². The maximum absolute atomic E-state index is 5.81. The average molecular weight is 215 g/mol. The molecule has 2 nitrogen and oxygen atoms in total. The van der Waals surface area contributed by atoms with E-state index in [2.05, 4.69) is 37.8 Å². The first-order valence-electron chi connectivity index (χ1n) is 5.64. The zero-order chi connectivity index (χ0) is 10.2. The van der Waals surface area contributed by atoms with Crippen molar-refractivity contribution in [1.82, 2.24) is 5.32 Å². The highest BCUT2D eigenvalue weighted by Gasteiger charge is 2.42. The van der Waals surface area contributed by atoms with E-state index < -0.39 is 0 Å². The lowest BCUT2D eigenvalue weighted by Gasteiger charge is -2.39. The van der Waals surface area contributed by atoms with Crippen LogP contribution in [0.3, 0.4) is 0 Å². The Morgan fingerprint density at radius 1 is 1.50 bits per heavy atom. The van der Waals surface area contributed by atoms with Crippen molar-refractivity contribution in [2.75, 3.05) is 12.4 Å². The van der Waals surface area contributed by atoms with E-state index in [-0.39, 0.29) is 0 Å². The molecule has 2 aliphatic rings. The van der Waals surface area contributed by atoms with E-state index in [0.717, 1.165) is 6.61 Å². The normalized spacial score (nSPS) is 43.7. The van der Waals surface area contributed by atoms with Gasteiger partial charge in [0, 0.05) is 24.8 Å². The molecule has 2 fully saturated rings. The first-order valence-corrected chi connectivity index (χ1v) is 6.63. The summed E-state index contributed by atoms with van der Waals surface area (Å²) in [6, 6.07) is 0.672. The molecule has 0 saturated carbocycles. The summed E-state index contributed by atoms with van der Waals surface area (Å²) >= 11 is 2.10. The third-order valence-electron chi connectivity index (χ3n) is 3.23. The van der Waals surface area contributed by atoms with E-state index >= 15 is 0 Å². The topological polar surface area (TPSA) is 21.3 Å². The second kappa shape index (κ2) is 4.03. The lowest BCUT2D eigenvalue weighted by molar-refractivity contribution is -0.0306. The number of nitrogens with one attached hydrogen (secondary N) is 1. The monoisotopic (exact) mass is 215 g/mol. The number of thioether (sulfide) groups is 1. The van der Waals surface area contributed by atoms with Crippen molar-refractivity contribution in [3.63, 3.8) is 0 Å². The van der Waals surface area contributed by atoms with Gasteiger partial charge in [-0.15, -0.1) is 11.8 Å². The number of hydrogen-bond donors (Lipinski definition) is 1. The summed E-state index contributed by atoms with van der Waals surface area (Å²) in [5, 5.41) is 3.74. The first kappa shape index (κ1) is 10.8. The van der Waals surface area contributed by atoms with Gasteiger partial charge in [-0.2, -0.15) is 0 Å². The van der Waals surface area contributed by atoms with Crippen molar-refractivity contribution in [3.05, 3.63) is 0 Å². The smallest absolute Gasteiger partial charge is 0.0695 e. The van der Waals surface area contributed by atoms with Crippen LogP contribution in [-0.4, -0.2) is 29.4 Å². The Labute approximate surface area is 91.2 Å². The standard InChI is InChI=1S/C11H21NOS/c1-8(2)10-6-11(4-5-13-10)12-9(3)7-14-11/h8-10,12H,4-7H2,1-3H3. The molecule has 0 aromatic heterocycles. The molecule has 82 valence electrons. The van der Waals surface area contributed by atoms with Gasteiger partial charge in [0.15, 0.2) is 0 Å². The second-order valence-electron chi connectivity index (χ2n) is 4.96. The third-order valence-corrected chi connectivity index (χ3v) is 4.94. The molecule has 2 rings (SSSR count). The summed E-state index contributed by atoms with van der Waals surface area (Å²) in [7, 11) is 0. The van der Waals surface area contributed by atoms with Crippen molar-refractivity contribution < 1.29 is 4.74 Å². The first-order chi connectivity index (χ1) is 6.61. The van der Waals surface area contributed by atoms with Gasteiger partial charge >= 0.3 is 0 Å². The van der Waals surface area contributed by atoms with Crippen molar-refractivity contribution in [3.8, 4) is 0 Å². The summed E-state index contributed by atoms with van der Waals surface area (Å²) in [6.45, 7) is 7.72. The van der Waals surface area contributed by atoms with Gasteiger partial charge in [-0.1, -0.05) is 13.8 Å². The minimum atomic E-state index is 0.340. The van der Waals surface area contributed by atoms with Gasteiger partial charge in [0.1, 0.15) is 0 Å². The maximum atomic E-state index is 5.81. The highest BCUT2D eigenvalue weighted by molar-refractivity contribution is 8.00. The molecule has 2 aliphatic heterocycles. The van der Waals surface area contributed by atoms with E-state index in [1.807, 2.05) is 0 Å². The molecule has 0 bridgehead atoms. The summed E-state index contributed by atoms with van der Waals surface area (Å²) in [5.74, 6) is 1.90. The fourth-order valence-electron chi connectivity index (χ4n) is 2.37. The molecule has 2 heterocycles. The van der Waals surface area contributed by atoms with Gasteiger partial charge in [-0.25, -0.2) is 0 Å². The third kappa shape index (κ3) is 2.10. The van der Waals surface area contributed by atoms with Crippen LogP contribution in [0.4, 0.5) is 0 Å². The lowest BCUT2D eigenvalue weighted by atomic mass is 9.94. The highest BCUT2D eigenvalue weighted by Crippen LogP contribution is 2.41. The van der Waals surface area contributed by atoms with Crippen LogP contribution in [0.5, 0.6) is 0 Å². The summed E-state index contributed by atoms with van der Waals surface area (Å²) in [5.41, 5.74) is 0. The quantitative estimate of drug-likeness (QED) is 0.725. The molecule has 1 N–H and O–H groups in total. The molecule has 0 aliphatic carbocycles. The molecule has 0 aromatic rings. The van der Waals surface area contributed by atoms with Crippen molar-refractivity contribution in [2.45, 2.75) is 50.6 Å². The summed E-state index contributed by atoms with van der Waals surface area (Å²) in [4.78, 5) is 0.340. The van der Waals surface area contributed by atoms with Crippen molar-refractivity contribution in [2.24, 2.45) is 5.92 Å². The molecular formula is C11H21NOS. The Bertz CT molecular complexity index is 205. The summed E-state index contributed by atoms with van der Waals surface area (Å²) < 4.78 is 5.81. The largest absolute Gasteiger partial charge is 0.378 e. The van der Waals surface area contributed by atoms with Gasteiger partial charge in [-0.05, 0) is 19.3 Å². The zero-order valence-corrected chi connectivity index (χ0v) is 10.2. The van der Waals surface area contributed by atoms with Crippen LogP contribution in [0.2, 0.25) is 0 Å². The van der Waals surface area contributed by atoms with Crippen LogP contribution < -0.4 is 5.32 Å². The fraction of sp³-hybridized carbons (Fsp3) is 1.00. The molecule has 3 heteroatoms. The Morgan fingerprint density at radius 2 is 2.29 bits per heavy atom. The minimum Gasteiger partial charge on any atom is -0.378 e. The SMILES string of the molecule is CC1CSC2(CCOC(C(C)C)C2)N1. The van der Waals surface area contributed by atoms with E-state index in [4.69, 9.17) is 4.74 Å². The molecule has 2 saturated heterocycles. The molecule has 3 atom stereocenters. The maximum Gasteiger partial charge on any atom is 0.0695 e. The number of rotatable bonds is 1. The van der Waals surface area contributed by atoms with Crippen molar-refractivity contribution in [1.29, 1.82) is 0 Å². The molecule has 3 unspecified atom stereocenters. The molecule has 14 heavy (non-hydrogen) atoms. The summed E-state index contributed by atoms with van der Waals surface area (Å²) in [6.07, 6.45) is 2.80. The average Bonchev–Trinajstić information content (AvgIpc) is 2.47. The number of hydrogen-bond acceptors (Lipinski definition) is 3. The molecular weight excluding hydrogens is 194 g/mol. The van der Waals surface area contributed by atoms with E-state index in [0.29, 0.717) is 22.9 Å². The lowest BCUT2D eigenvalue weighted by Crippen LogP contribution is -2.49.